The number of carbonyl (C=O) groups excluding carboxylic acids is 2. The molecule has 4 rings (SSSR count). The molecular weight excluding hydrogens is 417 g/mol. The summed E-state index contributed by atoms with van der Waals surface area (Å²) in [6.45, 7) is 2.94. The van der Waals surface area contributed by atoms with Gasteiger partial charge in [0.25, 0.3) is 0 Å². The second-order valence-corrected chi connectivity index (χ2v) is 7.37. The van der Waals surface area contributed by atoms with Crippen LogP contribution in [0.25, 0.3) is 11.1 Å². The van der Waals surface area contributed by atoms with Crippen molar-refractivity contribution in [3.63, 3.8) is 0 Å². The molecule has 0 unspecified atom stereocenters. The first-order valence-corrected chi connectivity index (χ1v) is 10.1. The van der Waals surface area contributed by atoms with Crippen LogP contribution < -0.4 is 15.5 Å². The fourth-order valence-corrected chi connectivity index (χ4v) is 3.39. The van der Waals surface area contributed by atoms with Crippen molar-refractivity contribution in [2.24, 2.45) is 0 Å². The summed E-state index contributed by atoms with van der Waals surface area (Å²) < 4.78 is 24.8. The fraction of sp³-hybridized carbons (Fsp3) is 0.273. The minimum atomic E-state index is -0.565. The third-order valence-electron chi connectivity index (χ3n) is 5.00. The predicted octanol–water partition coefficient (Wildman–Crippen LogP) is 2.63. The quantitative estimate of drug-likeness (QED) is 0.555. The minimum absolute atomic E-state index is 0.205. The number of ether oxygens (including phenoxy) is 1. The summed E-state index contributed by atoms with van der Waals surface area (Å²) in [7, 11) is 0. The van der Waals surface area contributed by atoms with Gasteiger partial charge in [0, 0.05) is 19.0 Å². The molecule has 2 aromatic carbocycles. The summed E-state index contributed by atoms with van der Waals surface area (Å²) in [6, 6.07) is 12.2. The smallest absolute Gasteiger partial charge is 0.414 e. The van der Waals surface area contributed by atoms with E-state index >= 15 is 0 Å². The van der Waals surface area contributed by atoms with Crippen LogP contribution in [0.5, 0.6) is 0 Å². The number of nitrogens with zero attached hydrogens (tertiary/aromatic N) is 3. The van der Waals surface area contributed by atoms with Crippen LogP contribution in [0.15, 0.2) is 53.4 Å². The van der Waals surface area contributed by atoms with Gasteiger partial charge in [0.05, 0.1) is 25.3 Å². The molecule has 1 aliphatic rings. The molecular formula is C22H22FN5O4. The Bertz CT molecular complexity index is 1090. The maximum Gasteiger partial charge on any atom is 0.414 e. The highest BCUT2D eigenvalue weighted by atomic mass is 19.1. The average molecular weight is 439 g/mol. The van der Waals surface area contributed by atoms with Crippen molar-refractivity contribution in [1.82, 2.24) is 20.8 Å². The van der Waals surface area contributed by atoms with Gasteiger partial charge in [-0.2, -0.15) is 4.98 Å². The molecule has 32 heavy (non-hydrogen) atoms. The molecule has 0 bridgehead atoms. The molecule has 0 saturated carbocycles. The molecule has 9 nitrogen and oxygen atoms in total. The van der Waals surface area contributed by atoms with Crippen LogP contribution in [0.3, 0.4) is 0 Å². The summed E-state index contributed by atoms with van der Waals surface area (Å²) in [4.78, 5) is 28.5. The predicted molar refractivity (Wildman–Crippen MR) is 113 cm³/mol. The van der Waals surface area contributed by atoms with Crippen LogP contribution >= 0.6 is 0 Å². The second-order valence-electron chi connectivity index (χ2n) is 7.37. The largest absolute Gasteiger partial charge is 0.442 e. The standard InChI is InChI=1S/C22H22FN5O4/c1-14(29)25-10-18-12-28(22(30)32-18)17-6-7-19(20(23)8-17)16-4-2-15(3-5-16)9-24-11-21-26-13-31-27-21/h2-8,13,18,24H,9-12H2,1H3,(H,25,29)/t18-/m0/s1. The molecule has 0 spiro atoms. The first-order valence-electron chi connectivity index (χ1n) is 10.1. The van der Waals surface area contributed by atoms with Crippen LogP contribution in [0.2, 0.25) is 0 Å². The molecule has 2 amide bonds. The van der Waals surface area contributed by atoms with Crippen LogP contribution in [0, 0.1) is 5.82 Å². The number of carbonyl (C=O) groups is 2. The summed E-state index contributed by atoms with van der Waals surface area (Å²) in [5.41, 5.74) is 2.59. The monoisotopic (exact) mass is 439 g/mol. The van der Waals surface area contributed by atoms with Gasteiger partial charge in [-0.25, -0.2) is 9.18 Å². The van der Waals surface area contributed by atoms with E-state index < -0.39 is 18.0 Å². The number of amides is 2. The van der Waals surface area contributed by atoms with Gasteiger partial charge in [-0.15, -0.1) is 0 Å². The Kier molecular flexibility index (Phi) is 6.41. The van der Waals surface area contributed by atoms with Crippen molar-refractivity contribution >= 4 is 17.7 Å². The van der Waals surface area contributed by atoms with E-state index in [-0.39, 0.29) is 19.0 Å². The van der Waals surface area contributed by atoms with E-state index in [0.717, 1.165) is 11.1 Å². The molecule has 1 saturated heterocycles. The van der Waals surface area contributed by atoms with Crippen molar-refractivity contribution < 1.29 is 23.2 Å². The van der Waals surface area contributed by atoms with Crippen LogP contribution in [0.1, 0.15) is 18.3 Å². The number of aromatic nitrogens is 2. The Balaban J connectivity index is 1.38. The number of hydrogen-bond acceptors (Lipinski definition) is 7. The molecule has 2 N–H and O–H groups in total. The lowest BCUT2D eigenvalue weighted by molar-refractivity contribution is -0.119. The average Bonchev–Trinajstić information content (AvgIpc) is 3.42. The van der Waals surface area contributed by atoms with E-state index in [1.807, 2.05) is 24.3 Å². The number of anilines is 1. The van der Waals surface area contributed by atoms with Gasteiger partial charge in [0.2, 0.25) is 12.3 Å². The zero-order valence-electron chi connectivity index (χ0n) is 17.4. The SMILES string of the molecule is CC(=O)NC[C@H]1CN(c2ccc(-c3ccc(CNCc4ncon4)cc3)c(F)c2)C(=O)O1. The van der Waals surface area contributed by atoms with Crippen molar-refractivity contribution in [1.29, 1.82) is 0 Å². The molecule has 0 radical (unpaired) electrons. The second kappa shape index (κ2) is 9.56. The lowest BCUT2D eigenvalue weighted by atomic mass is 10.0. The third-order valence-corrected chi connectivity index (χ3v) is 5.00. The first-order chi connectivity index (χ1) is 15.5. The van der Waals surface area contributed by atoms with Crippen molar-refractivity contribution in [3.8, 4) is 11.1 Å². The topological polar surface area (TPSA) is 110 Å². The molecule has 166 valence electrons. The Morgan fingerprint density at radius 1 is 1.22 bits per heavy atom. The van der Waals surface area contributed by atoms with Gasteiger partial charge in [-0.05, 0) is 29.3 Å². The number of cyclic esters (lactones) is 1. The summed E-state index contributed by atoms with van der Waals surface area (Å²) >= 11 is 0. The number of benzene rings is 2. The maximum absolute atomic E-state index is 14.9. The minimum Gasteiger partial charge on any atom is -0.442 e. The number of rotatable bonds is 8. The van der Waals surface area contributed by atoms with Gasteiger partial charge < -0.3 is 19.9 Å². The Morgan fingerprint density at radius 3 is 2.72 bits per heavy atom. The van der Waals surface area contributed by atoms with E-state index in [1.54, 1.807) is 12.1 Å². The number of nitrogens with one attached hydrogen (secondary N) is 2. The van der Waals surface area contributed by atoms with Crippen LogP contribution in [0.4, 0.5) is 14.9 Å². The van der Waals surface area contributed by atoms with Crippen molar-refractivity contribution in [2.45, 2.75) is 26.1 Å². The Morgan fingerprint density at radius 2 is 2.03 bits per heavy atom. The van der Waals surface area contributed by atoms with E-state index in [0.29, 0.717) is 30.2 Å². The van der Waals surface area contributed by atoms with Crippen molar-refractivity contribution in [3.05, 3.63) is 66.1 Å². The van der Waals surface area contributed by atoms with Gasteiger partial charge in [-0.1, -0.05) is 29.4 Å². The van der Waals surface area contributed by atoms with Gasteiger partial charge in [-0.3, -0.25) is 9.69 Å². The molecule has 1 aromatic heterocycles. The van der Waals surface area contributed by atoms with E-state index in [9.17, 15) is 14.0 Å². The highest BCUT2D eigenvalue weighted by molar-refractivity contribution is 5.90. The van der Waals surface area contributed by atoms with Crippen LogP contribution in [-0.4, -0.2) is 41.3 Å². The summed E-state index contributed by atoms with van der Waals surface area (Å²) in [6.07, 6.45) is 0.239. The summed E-state index contributed by atoms with van der Waals surface area (Å²) in [5.74, 6) is -0.0700. The molecule has 0 aliphatic carbocycles. The van der Waals surface area contributed by atoms with E-state index in [1.165, 1.54) is 24.3 Å². The Labute approximate surface area is 183 Å². The van der Waals surface area contributed by atoms with Gasteiger partial charge in [0.15, 0.2) is 5.82 Å². The fourth-order valence-electron chi connectivity index (χ4n) is 3.39. The number of hydrogen-bond donors (Lipinski definition) is 2. The highest BCUT2D eigenvalue weighted by Gasteiger charge is 2.32. The lowest BCUT2D eigenvalue weighted by Crippen LogP contribution is -2.33. The molecule has 10 heteroatoms. The highest BCUT2D eigenvalue weighted by Crippen LogP contribution is 2.29. The normalized spacial score (nSPS) is 15.6. The molecule has 2 heterocycles. The van der Waals surface area contributed by atoms with Gasteiger partial charge in [0.1, 0.15) is 11.9 Å². The maximum atomic E-state index is 14.9. The van der Waals surface area contributed by atoms with E-state index in [2.05, 4.69) is 25.3 Å². The first kappa shape index (κ1) is 21.4. The lowest BCUT2D eigenvalue weighted by Gasteiger charge is -2.15. The Hall–Kier alpha value is -3.79. The molecule has 1 aliphatic heterocycles. The molecule has 1 fully saturated rings. The summed E-state index contributed by atoms with van der Waals surface area (Å²) in [5, 5.41) is 9.55. The molecule has 3 aromatic rings. The zero-order valence-corrected chi connectivity index (χ0v) is 17.4. The van der Waals surface area contributed by atoms with E-state index in [4.69, 9.17) is 4.74 Å². The molecule has 1 atom stereocenters. The van der Waals surface area contributed by atoms with Crippen molar-refractivity contribution in [2.75, 3.05) is 18.0 Å². The van der Waals surface area contributed by atoms with Crippen LogP contribution in [-0.2, 0) is 22.6 Å². The van der Waals surface area contributed by atoms with Gasteiger partial charge >= 0.3 is 6.09 Å². The third kappa shape index (κ3) is 5.09. The zero-order chi connectivity index (χ0) is 22.5. The number of halogens is 1.